The lowest BCUT2D eigenvalue weighted by Crippen LogP contribution is -1.87. The van der Waals surface area contributed by atoms with Crippen LogP contribution in [-0.4, -0.2) is 20.2 Å². The molecule has 0 aliphatic carbocycles. The Morgan fingerprint density at radius 1 is 1.40 bits per heavy atom. The van der Waals surface area contributed by atoms with E-state index in [4.69, 9.17) is 0 Å². The van der Waals surface area contributed by atoms with E-state index < -0.39 is 0 Å². The summed E-state index contributed by atoms with van der Waals surface area (Å²) in [7, 11) is 0. The van der Waals surface area contributed by atoms with Crippen LogP contribution < -0.4 is 0 Å². The third kappa shape index (κ3) is 2.18. The summed E-state index contributed by atoms with van der Waals surface area (Å²) in [5.41, 5.74) is 0.579. The second-order valence-corrected chi connectivity index (χ2v) is 3.22. The Labute approximate surface area is 86.6 Å². The van der Waals surface area contributed by atoms with Crippen molar-refractivity contribution >= 4 is 0 Å². The second kappa shape index (κ2) is 4.16. The fourth-order valence-electron chi connectivity index (χ4n) is 1.27. The zero-order chi connectivity index (χ0) is 10.7. The van der Waals surface area contributed by atoms with Crippen molar-refractivity contribution in [1.29, 1.82) is 0 Å². The van der Waals surface area contributed by atoms with Crippen LogP contribution in [0.1, 0.15) is 19.2 Å². The lowest BCUT2D eigenvalue weighted by Gasteiger charge is -1.92. The average molecular weight is 206 g/mol. The molecule has 0 aliphatic heterocycles. The van der Waals surface area contributed by atoms with Gasteiger partial charge in [0, 0.05) is 6.42 Å². The van der Waals surface area contributed by atoms with Crippen LogP contribution in [0.2, 0.25) is 0 Å². The quantitative estimate of drug-likeness (QED) is 0.835. The summed E-state index contributed by atoms with van der Waals surface area (Å²) in [5.74, 6) is 0.986. The summed E-state index contributed by atoms with van der Waals surface area (Å²) in [5, 5.41) is 6.84. The van der Waals surface area contributed by atoms with Gasteiger partial charge >= 0.3 is 0 Å². The fraction of sp³-hybridized carbons (Fsp3) is 0.300. The van der Waals surface area contributed by atoms with E-state index in [2.05, 4.69) is 27.1 Å². The summed E-state index contributed by atoms with van der Waals surface area (Å²) >= 11 is 0. The maximum Gasteiger partial charge on any atom is 0.199 e. The minimum atomic E-state index is -0.358. The first-order valence-corrected chi connectivity index (χ1v) is 4.83. The molecule has 0 aromatic carbocycles. The molecule has 4 nitrogen and oxygen atoms in total. The third-order valence-corrected chi connectivity index (χ3v) is 1.98. The van der Waals surface area contributed by atoms with Gasteiger partial charge in [-0.1, -0.05) is 6.92 Å². The first-order chi connectivity index (χ1) is 7.29. The van der Waals surface area contributed by atoms with Crippen molar-refractivity contribution < 1.29 is 4.39 Å². The Morgan fingerprint density at radius 3 is 2.93 bits per heavy atom. The van der Waals surface area contributed by atoms with E-state index in [-0.39, 0.29) is 5.82 Å². The SMILES string of the molecule is CCCc1nc(-c2ccc(F)cn2)n[nH]1. The van der Waals surface area contributed by atoms with E-state index in [0.29, 0.717) is 11.5 Å². The Hall–Kier alpha value is -1.78. The van der Waals surface area contributed by atoms with Crippen molar-refractivity contribution in [2.24, 2.45) is 0 Å². The van der Waals surface area contributed by atoms with E-state index in [1.807, 2.05) is 0 Å². The number of pyridine rings is 1. The summed E-state index contributed by atoms with van der Waals surface area (Å²) in [4.78, 5) is 8.15. The zero-order valence-electron chi connectivity index (χ0n) is 8.37. The molecular formula is C10H11FN4. The predicted octanol–water partition coefficient (Wildman–Crippen LogP) is 1.96. The molecule has 0 saturated heterocycles. The highest BCUT2D eigenvalue weighted by atomic mass is 19.1. The lowest BCUT2D eigenvalue weighted by molar-refractivity contribution is 0.621. The number of nitrogens with one attached hydrogen (secondary N) is 1. The Balaban J connectivity index is 2.25. The molecule has 0 atom stereocenters. The van der Waals surface area contributed by atoms with Crippen LogP contribution in [0.5, 0.6) is 0 Å². The smallest absolute Gasteiger partial charge is 0.199 e. The van der Waals surface area contributed by atoms with Crippen LogP contribution in [0.3, 0.4) is 0 Å². The van der Waals surface area contributed by atoms with E-state index in [1.54, 1.807) is 6.07 Å². The summed E-state index contributed by atoms with van der Waals surface area (Å²) in [6.07, 6.45) is 3.02. The molecule has 2 rings (SSSR count). The van der Waals surface area contributed by atoms with Gasteiger partial charge in [0.2, 0.25) is 0 Å². The third-order valence-electron chi connectivity index (χ3n) is 1.98. The van der Waals surface area contributed by atoms with E-state index in [0.717, 1.165) is 24.9 Å². The molecule has 0 fully saturated rings. The van der Waals surface area contributed by atoms with Crippen LogP contribution in [-0.2, 0) is 6.42 Å². The van der Waals surface area contributed by atoms with E-state index in [9.17, 15) is 4.39 Å². The molecule has 78 valence electrons. The Kier molecular flexibility index (Phi) is 2.71. The summed E-state index contributed by atoms with van der Waals surface area (Å²) < 4.78 is 12.6. The number of halogens is 1. The number of aryl methyl sites for hydroxylation is 1. The van der Waals surface area contributed by atoms with Gasteiger partial charge in [0.05, 0.1) is 6.20 Å². The first kappa shape index (κ1) is 9.76. The molecule has 0 radical (unpaired) electrons. The van der Waals surface area contributed by atoms with Gasteiger partial charge in [0.25, 0.3) is 0 Å². The van der Waals surface area contributed by atoms with Gasteiger partial charge in [-0.3, -0.25) is 5.10 Å². The van der Waals surface area contributed by atoms with Gasteiger partial charge in [-0.05, 0) is 18.6 Å². The predicted molar refractivity (Wildman–Crippen MR) is 53.6 cm³/mol. The molecule has 0 unspecified atom stereocenters. The van der Waals surface area contributed by atoms with Crippen LogP contribution >= 0.6 is 0 Å². The number of hydrogen-bond donors (Lipinski definition) is 1. The normalized spacial score (nSPS) is 10.5. The van der Waals surface area contributed by atoms with Crippen LogP contribution in [0, 0.1) is 5.82 Å². The molecule has 15 heavy (non-hydrogen) atoms. The highest BCUT2D eigenvalue weighted by molar-refractivity contribution is 5.47. The largest absolute Gasteiger partial charge is 0.263 e. The van der Waals surface area contributed by atoms with E-state index >= 15 is 0 Å². The molecule has 1 N–H and O–H groups in total. The van der Waals surface area contributed by atoms with E-state index in [1.165, 1.54) is 6.07 Å². The van der Waals surface area contributed by atoms with Crippen molar-refractivity contribution in [3.05, 3.63) is 30.0 Å². The van der Waals surface area contributed by atoms with Crippen LogP contribution in [0.4, 0.5) is 4.39 Å². The molecule has 2 aromatic rings. The summed E-state index contributed by atoms with van der Waals surface area (Å²) in [6.45, 7) is 2.07. The molecule has 0 aliphatic rings. The van der Waals surface area contributed by atoms with Crippen LogP contribution in [0.25, 0.3) is 11.5 Å². The minimum absolute atomic E-state index is 0.358. The topological polar surface area (TPSA) is 54.5 Å². The molecule has 0 bridgehead atoms. The van der Waals surface area contributed by atoms with Crippen molar-refractivity contribution in [2.75, 3.05) is 0 Å². The van der Waals surface area contributed by atoms with Crippen LogP contribution in [0.15, 0.2) is 18.3 Å². The fourth-order valence-corrected chi connectivity index (χ4v) is 1.27. The average Bonchev–Trinajstić information content (AvgIpc) is 2.68. The summed E-state index contributed by atoms with van der Waals surface area (Å²) in [6, 6.07) is 2.91. The van der Waals surface area contributed by atoms with Gasteiger partial charge in [0.1, 0.15) is 17.3 Å². The number of H-pyrrole nitrogens is 1. The molecule has 2 aromatic heterocycles. The first-order valence-electron chi connectivity index (χ1n) is 4.83. The van der Waals surface area contributed by atoms with Gasteiger partial charge < -0.3 is 0 Å². The van der Waals surface area contributed by atoms with Crippen molar-refractivity contribution in [3.63, 3.8) is 0 Å². The highest BCUT2D eigenvalue weighted by Gasteiger charge is 2.06. The highest BCUT2D eigenvalue weighted by Crippen LogP contribution is 2.11. The van der Waals surface area contributed by atoms with Crippen molar-refractivity contribution in [1.82, 2.24) is 20.2 Å². The molecule has 2 heterocycles. The molecule has 0 amide bonds. The molecule has 5 heteroatoms. The number of aromatic nitrogens is 4. The zero-order valence-corrected chi connectivity index (χ0v) is 8.37. The second-order valence-electron chi connectivity index (χ2n) is 3.22. The van der Waals surface area contributed by atoms with Gasteiger partial charge in [0.15, 0.2) is 5.82 Å². The van der Waals surface area contributed by atoms with Crippen molar-refractivity contribution in [2.45, 2.75) is 19.8 Å². The number of aromatic amines is 1. The maximum atomic E-state index is 12.6. The maximum absolute atomic E-state index is 12.6. The monoisotopic (exact) mass is 206 g/mol. The Bertz CT molecular complexity index is 435. The Morgan fingerprint density at radius 2 is 2.27 bits per heavy atom. The van der Waals surface area contributed by atoms with Gasteiger partial charge in [-0.2, -0.15) is 5.10 Å². The number of hydrogen-bond acceptors (Lipinski definition) is 3. The minimum Gasteiger partial charge on any atom is -0.263 e. The van der Waals surface area contributed by atoms with Gasteiger partial charge in [-0.25, -0.2) is 14.4 Å². The lowest BCUT2D eigenvalue weighted by atomic mass is 10.3. The van der Waals surface area contributed by atoms with Crippen molar-refractivity contribution in [3.8, 4) is 11.5 Å². The van der Waals surface area contributed by atoms with Gasteiger partial charge in [-0.15, -0.1) is 0 Å². The molecule has 0 saturated carbocycles. The molecular weight excluding hydrogens is 195 g/mol. The number of nitrogens with zero attached hydrogens (tertiary/aromatic N) is 3. The molecule has 0 spiro atoms. The number of rotatable bonds is 3. The standard InChI is InChI=1S/C10H11FN4/c1-2-3-9-13-10(15-14-9)8-5-4-7(11)6-12-8/h4-6H,2-3H2,1H3,(H,13,14,15).